The third-order valence-corrected chi connectivity index (χ3v) is 5.06. The Kier molecular flexibility index (Phi) is 4.18. The second-order valence-corrected chi connectivity index (χ2v) is 6.73. The minimum absolute atomic E-state index is 0.104. The standard InChI is InChI=1S/C21H21N3O/c1-15-18(6-4-10-22-15)21(25)24-12-9-16(14-24)13-17-8-11-23-20-7-3-2-5-19(17)20/h2-8,10-11,16H,9,12-14H2,1H3. The monoisotopic (exact) mass is 331 g/mol. The minimum Gasteiger partial charge on any atom is -0.338 e. The molecule has 3 heterocycles. The zero-order chi connectivity index (χ0) is 17.2. The van der Waals surface area contributed by atoms with Crippen LogP contribution in [0.5, 0.6) is 0 Å². The molecule has 0 saturated carbocycles. The lowest BCUT2D eigenvalue weighted by atomic mass is 9.96. The van der Waals surface area contributed by atoms with Gasteiger partial charge in [0.05, 0.1) is 11.1 Å². The van der Waals surface area contributed by atoms with Crippen LogP contribution >= 0.6 is 0 Å². The van der Waals surface area contributed by atoms with Gasteiger partial charge in [-0.15, -0.1) is 0 Å². The van der Waals surface area contributed by atoms with Crippen LogP contribution in [0.25, 0.3) is 10.9 Å². The fraction of sp³-hybridized carbons (Fsp3) is 0.286. The number of nitrogens with zero attached hydrogens (tertiary/aromatic N) is 3. The molecule has 1 amide bonds. The van der Waals surface area contributed by atoms with E-state index < -0.39 is 0 Å². The number of aromatic nitrogens is 2. The first-order valence-corrected chi connectivity index (χ1v) is 8.76. The molecule has 0 aliphatic carbocycles. The van der Waals surface area contributed by atoms with Crippen LogP contribution in [0.3, 0.4) is 0 Å². The third-order valence-electron chi connectivity index (χ3n) is 5.06. The first-order valence-electron chi connectivity index (χ1n) is 8.76. The average molecular weight is 331 g/mol. The molecule has 1 aromatic carbocycles. The van der Waals surface area contributed by atoms with Crippen LogP contribution in [-0.2, 0) is 6.42 Å². The molecule has 1 unspecified atom stereocenters. The van der Waals surface area contributed by atoms with Gasteiger partial charge in [-0.2, -0.15) is 0 Å². The summed E-state index contributed by atoms with van der Waals surface area (Å²) in [4.78, 5) is 23.4. The molecular formula is C21H21N3O. The maximum atomic E-state index is 12.8. The fourth-order valence-corrected chi connectivity index (χ4v) is 3.71. The van der Waals surface area contributed by atoms with Crippen LogP contribution in [0.1, 0.15) is 28.0 Å². The molecule has 0 spiro atoms. The molecule has 3 aromatic rings. The van der Waals surface area contributed by atoms with Crippen molar-refractivity contribution in [1.29, 1.82) is 0 Å². The summed E-state index contributed by atoms with van der Waals surface area (Å²) < 4.78 is 0. The Morgan fingerprint density at radius 2 is 2.00 bits per heavy atom. The second-order valence-electron chi connectivity index (χ2n) is 6.73. The van der Waals surface area contributed by atoms with Gasteiger partial charge < -0.3 is 4.90 Å². The van der Waals surface area contributed by atoms with Crippen molar-refractivity contribution in [3.63, 3.8) is 0 Å². The molecule has 1 atom stereocenters. The van der Waals surface area contributed by atoms with Gasteiger partial charge in [-0.25, -0.2) is 0 Å². The Morgan fingerprint density at radius 1 is 1.12 bits per heavy atom. The second kappa shape index (κ2) is 6.63. The molecule has 0 radical (unpaired) electrons. The van der Waals surface area contributed by atoms with E-state index in [-0.39, 0.29) is 5.91 Å². The van der Waals surface area contributed by atoms with Crippen LogP contribution in [-0.4, -0.2) is 33.9 Å². The molecule has 1 fully saturated rings. The van der Waals surface area contributed by atoms with Gasteiger partial charge in [0.2, 0.25) is 0 Å². The molecule has 0 N–H and O–H groups in total. The lowest BCUT2D eigenvalue weighted by molar-refractivity contribution is 0.0786. The number of aryl methyl sites for hydroxylation is 1. The average Bonchev–Trinajstić information content (AvgIpc) is 3.10. The quantitative estimate of drug-likeness (QED) is 0.736. The number of pyridine rings is 2. The minimum atomic E-state index is 0.104. The molecule has 0 bridgehead atoms. The number of hydrogen-bond acceptors (Lipinski definition) is 3. The number of benzene rings is 1. The summed E-state index contributed by atoms with van der Waals surface area (Å²) in [5.74, 6) is 0.597. The number of para-hydroxylation sites is 1. The number of fused-ring (bicyclic) bond motifs is 1. The van der Waals surface area contributed by atoms with Gasteiger partial charge in [-0.1, -0.05) is 18.2 Å². The number of amides is 1. The Labute approximate surface area is 147 Å². The highest BCUT2D eigenvalue weighted by Crippen LogP contribution is 2.26. The van der Waals surface area contributed by atoms with E-state index in [9.17, 15) is 4.79 Å². The van der Waals surface area contributed by atoms with Gasteiger partial charge in [0.15, 0.2) is 0 Å². The topological polar surface area (TPSA) is 46.1 Å². The van der Waals surface area contributed by atoms with Crippen molar-refractivity contribution in [1.82, 2.24) is 14.9 Å². The van der Waals surface area contributed by atoms with Crippen molar-refractivity contribution in [3.8, 4) is 0 Å². The lowest BCUT2D eigenvalue weighted by Crippen LogP contribution is -2.29. The van der Waals surface area contributed by atoms with Crippen LogP contribution in [0, 0.1) is 12.8 Å². The van der Waals surface area contributed by atoms with Crippen molar-refractivity contribution < 1.29 is 4.79 Å². The molecule has 126 valence electrons. The maximum absolute atomic E-state index is 12.8. The summed E-state index contributed by atoms with van der Waals surface area (Å²) in [6.07, 6.45) is 5.64. The number of carbonyl (C=O) groups excluding carboxylic acids is 1. The Bertz CT molecular complexity index is 916. The summed E-state index contributed by atoms with van der Waals surface area (Å²) in [5, 5.41) is 1.22. The van der Waals surface area contributed by atoms with Gasteiger partial charge >= 0.3 is 0 Å². The third kappa shape index (κ3) is 3.12. The first-order chi connectivity index (χ1) is 12.2. The summed E-state index contributed by atoms with van der Waals surface area (Å²) in [5.41, 5.74) is 3.88. The van der Waals surface area contributed by atoms with Crippen LogP contribution in [0.4, 0.5) is 0 Å². The van der Waals surface area contributed by atoms with Crippen molar-refractivity contribution in [3.05, 3.63) is 71.7 Å². The van der Waals surface area contributed by atoms with Gasteiger partial charge in [0.25, 0.3) is 5.91 Å². The molecule has 4 heteroatoms. The van der Waals surface area contributed by atoms with Gasteiger partial charge in [0, 0.05) is 36.6 Å². The zero-order valence-electron chi connectivity index (χ0n) is 14.4. The molecule has 1 aliphatic rings. The number of hydrogen-bond donors (Lipinski definition) is 0. The zero-order valence-corrected chi connectivity index (χ0v) is 14.4. The highest BCUT2D eigenvalue weighted by molar-refractivity contribution is 5.95. The molecule has 2 aromatic heterocycles. The van der Waals surface area contributed by atoms with Crippen molar-refractivity contribution in [2.45, 2.75) is 19.8 Å². The van der Waals surface area contributed by atoms with Crippen molar-refractivity contribution >= 4 is 16.8 Å². The van der Waals surface area contributed by atoms with E-state index in [1.807, 2.05) is 36.2 Å². The molecule has 4 rings (SSSR count). The Balaban J connectivity index is 1.49. The fourth-order valence-electron chi connectivity index (χ4n) is 3.71. The molecule has 4 nitrogen and oxygen atoms in total. The first kappa shape index (κ1) is 15.8. The van der Waals surface area contributed by atoms with E-state index in [0.717, 1.165) is 42.7 Å². The van der Waals surface area contributed by atoms with E-state index in [2.05, 4.69) is 34.2 Å². The molecule has 1 aliphatic heterocycles. The Hall–Kier alpha value is -2.75. The maximum Gasteiger partial charge on any atom is 0.255 e. The smallest absolute Gasteiger partial charge is 0.255 e. The number of likely N-dealkylation sites (tertiary alicyclic amines) is 1. The predicted octanol–water partition coefficient (Wildman–Crippen LogP) is 3.64. The number of carbonyl (C=O) groups is 1. The van der Waals surface area contributed by atoms with E-state index in [1.165, 1.54) is 10.9 Å². The van der Waals surface area contributed by atoms with E-state index in [1.54, 1.807) is 6.20 Å². The van der Waals surface area contributed by atoms with E-state index in [4.69, 9.17) is 0 Å². The normalized spacial score (nSPS) is 17.2. The Morgan fingerprint density at radius 3 is 2.88 bits per heavy atom. The van der Waals surface area contributed by atoms with Crippen molar-refractivity contribution in [2.75, 3.05) is 13.1 Å². The van der Waals surface area contributed by atoms with Crippen LogP contribution in [0.2, 0.25) is 0 Å². The van der Waals surface area contributed by atoms with Crippen molar-refractivity contribution in [2.24, 2.45) is 5.92 Å². The highest BCUT2D eigenvalue weighted by Gasteiger charge is 2.28. The summed E-state index contributed by atoms with van der Waals surface area (Å²) in [7, 11) is 0. The summed E-state index contributed by atoms with van der Waals surface area (Å²) in [6, 6.07) is 14.1. The van der Waals surface area contributed by atoms with E-state index >= 15 is 0 Å². The number of rotatable bonds is 3. The van der Waals surface area contributed by atoms with Gasteiger partial charge in [0.1, 0.15) is 0 Å². The predicted molar refractivity (Wildman–Crippen MR) is 98.4 cm³/mol. The van der Waals surface area contributed by atoms with Gasteiger partial charge in [-0.3, -0.25) is 14.8 Å². The molecule has 1 saturated heterocycles. The van der Waals surface area contributed by atoms with Crippen LogP contribution in [0.15, 0.2) is 54.9 Å². The van der Waals surface area contributed by atoms with Crippen LogP contribution < -0.4 is 0 Å². The summed E-state index contributed by atoms with van der Waals surface area (Å²) in [6.45, 7) is 3.52. The lowest BCUT2D eigenvalue weighted by Gasteiger charge is -2.18. The summed E-state index contributed by atoms with van der Waals surface area (Å²) >= 11 is 0. The van der Waals surface area contributed by atoms with E-state index in [0.29, 0.717) is 5.92 Å². The molecular weight excluding hydrogens is 310 g/mol. The molecule has 25 heavy (non-hydrogen) atoms. The van der Waals surface area contributed by atoms with Gasteiger partial charge in [-0.05, 0) is 55.5 Å². The SMILES string of the molecule is Cc1ncccc1C(=O)N1CCC(Cc2ccnc3ccccc23)C1. The largest absolute Gasteiger partial charge is 0.338 e. The highest BCUT2D eigenvalue weighted by atomic mass is 16.2.